The van der Waals surface area contributed by atoms with Gasteiger partial charge in [0.2, 0.25) is 0 Å². The molecule has 0 aromatic heterocycles. The van der Waals surface area contributed by atoms with Crippen LogP contribution in [0.25, 0.3) is 0 Å². The largest absolute Gasteiger partial charge is 0.381 e. The van der Waals surface area contributed by atoms with Gasteiger partial charge in [-0.2, -0.15) is 0 Å². The molecule has 0 saturated heterocycles. The van der Waals surface area contributed by atoms with E-state index in [0.29, 0.717) is 12.2 Å². The van der Waals surface area contributed by atoms with Crippen LogP contribution in [0.3, 0.4) is 0 Å². The molecule has 8 aliphatic carbocycles. The van der Waals surface area contributed by atoms with E-state index in [1.54, 1.807) is 38.5 Å². The summed E-state index contributed by atoms with van der Waals surface area (Å²) in [5.41, 5.74) is 0. The minimum Gasteiger partial charge on any atom is -0.381 e. The van der Waals surface area contributed by atoms with Crippen LogP contribution in [0, 0.1) is 47.3 Å². The molecule has 8 aliphatic rings. The van der Waals surface area contributed by atoms with Crippen molar-refractivity contribution in [1.29, 1.82) is 0 Å². The second-order valence-corrected chi connectivity index (χ2v) is 19.5. The minimum absolute atomic E-state index is 0.513. The minimum atomic E-state index is 0.513. The second-order valence-electron chi connectivity index (χ2n) is 19.5. The SMILES string of the molecule is COC1CCC(N(C2CCC(C)CC2)C2CCC3CCC4C5C(CCC2C35)CCC4N(C2CCC(C)CC2)C2CCC(OC)CC2)CC1. The van der Waals surface area contributed by atoms with E-state index in [9.17, 15) is 0 Å². The molecule has 4 nitrogen and oxygen atoms in total. The highest BCUT2D eigenvalue weighted by Crippen LogP contribution is 2.62. The van der Waals surface area contributed by atoms with Crippen molar-refractivity contribution in [2.45, 2.75) is 216 Å². The Kier molecular flexibility index (Phi) is 11.2. The van der Waals surface area contributed by atoms with Crippen LogP contribution in [0.2, 0.25) is 0 Å². The number of methoxy groups -OCH3 is 2. The van der Waals surface area contributed by atoms with Crippen LogP contribution in [0.5, 0.6) is 0 Å². The molecule has 0 bridgehead atoms. The van der Waals surface area contributed by atoms with E-state index in [4.69, 9.17) is 9.47 Å². The Bertz CT molecular complexity index is 923. The zero-order valence-electron chi connectivity index (χ0n) is 31.9. The first-order chi connectivity index (χ1) is 23.5. The van der Waals surface area contributed by atoms with Crippen LogP contribution in [0.1, 0.15) is 168 Å². The Morgan fingerprint density at radius 3 is 1.00 bits per heavy atom. The van der Waals surface area contributed by atoms with Gasteiger partial charge < -0.3 is 9.47 Å². The fourth-order valence-corrected chi connectivity index (χ4v) is 14.9. The number of ether oxygens (including phenoxy) is 2. The molecule has 4 heteroatoms. The first-order valence-corrected chi connectivity index (χ1v) is 22.1. The summed E-state index contributed by atoms with van der Waals surface area (Å²) in [5.74, 6) is 7.97. The average molecular weight is 665 g/mol. The smallest absolute Gasteiger partial charge is 0.0572 e. The van der Waals surface area contributed by atoms with Gasteiger partial charge in [0, 0.05) is 50.5 Å². The van der Waals surface area contributed by atoms with Gasteiger partial charge in [-0.3, -0.25) is 9.80 Å². The number of nitrogens with zero attached hydrogens (tertiary/aromatic N) is 2. The fourth-order valence-electron chi connectivity index (χ4n) is 14.9. The van der Waals surface area contributed by atoms with Crippen LogP contribution in [0.4, 0.5) is 0 Å². The highest BCUT2D eigenvalue weighted by molar-refractivity contribution is 5.10. The summed E-state index contributed by atoms with van der Waals surface area (Å²) in [6.07, 6.45) is 35.9. The van der Waals surface area contributed by atoms with Crippen molar-refractivity contribution in [2.75, 3.05) is 14.2 Å². The summed E-state index contributed by atoms with van der Waals surface area (Å²) in [5, 5.41) is 0. The molecule has 48 heavy (non-hydrogen) atoms. The summed E-state index contributed by atoms with van der Waals surface area (Å²) < 4.78 is 11.8. The molecule has 0 amide bonds. The zero-order chi connectivity index (χ0) is 32.8. The van der Waals surface area contributed by atoms with Gasteiger partial charge in [0.1, 0.15) is 0 Å². The summed E-state index contributed by atoms with van der Waals surface area (Å²) in [6, 6.07) is 5.09. The lowest BCUT2D eigenvalue weighted by molar-refractivity contribution is -0.151. The maximum absolute atomic E-state index is 5.91. The molecule has 0 spiro atoms. The summed E-state index contributed by atoms with van der Waals surface area (Å²) >= 11 is 0. The van der Waals surface area contributed by atoms with Gasteiger partial charge in [-0.15, -0.1) is 0 Å². The molecule has 0 N–H and O–H groups in total. The molecule has 0 aromatic rings. The maximum Gasteiger partial charge on any atom is 0.0572 e. The lowest BCUT2D eigenvalue weighted by Gasteiger charge is -2.64. The molecule has 0 aliphatic heterocycles. The predicted molar refractivity (Wildman–Crippen MR) is 198 cm³/mol. The molecule has 8 saturated carbocycles. The predicted octanol–water partition coefficient (Wildman–Crippen LogP) is 10.3. The van der Waals surface area contributed by atoms with Crippen molar-refractivity contribution in [2.24, 2.45) is 47.3 Å². The lowest BCUT2D eigenvalue weighted by atomic mass is 9.46. The van der Waals surface area contributed by atoms with Crippen molar-refractivity contribution < 1.29 is 9.47 Å². The van der Waals surface area contributed by atoms with Crippen LogP contribution < -0.4 is 0 Å². The first-order valence-electron chi connectivity index (χ1n) is 22.1. The highest BCUT2D eigenvalue weighted by atomic mass is 16.5. The monoisotopic (exact) mass is 665 g/mol. The van der Waals surface area contributed by atoms with Gasteiger partial charge in [-0.05, 0) is 201 Å². The first kappa shape index (κ1) is 34.9. The van der Waals surface area contributed by atoms with E-state index < -0.39 is 0 Å². The Morgan fingerprint density at radius 1 is 0.354 bits per heavy atom. The molecule has 274 valence electrons. The fraction of sp³-hybridized carbons (Fsp3) is 1.00. The third kappa shape index (κ3) is 6.87. The molecule has 8 atom stereocenters. The van der Waals surface area contributed by atoms with Crippen LogP contribution in [-0.4, -0.2) is 72.5 Å². The molecule has 0 aromatic carbocycles. The molecular weight excluding hydrogens is 588 g/mol. The van der Waals surface area contributed by atoms with Gasteiger partial charge in [0.25, 0.3) is 0 Å². The van der Waals surface area contributed by atoms with E-state index in [2.05, 4.69) is 23.6 Å². The molecule has 8 rings (SSSR count). The van der Waals surface area contributed by atoms with E-state index in [-0.39, 0.29) is 0 Å². The van der Waals surface area contributed by atoms with Crippen LogP contribution >= 0.6 is 0 Å². The second kappa shape index (κ2) is 15.4. The molecule has 8 unspecified atom stereocenters. The van der Waals surface area contributed by atoms with E-state index in [0.717, 1.165) is 83.6 Å². The Morgan fingerprint density at radius 2 is 0.667 bits per heavy atom. The normalized spacial score (nSPS) is 49.9. The Hall–Kier alpha value is -0.160. The Labute approximate surface area is 296 Å². The van der Waals surface area contributed by atoms with Gasteiger partial charge in [0.05, 0.1) is 12.2 Å². The van der Waals surface area contributed by atoms with Crippen molar-refractivity contribution in [1.82, 2.24) is 9.80 Å². The topological polar surface area (TPSA) is 24.9 Å². The van der Waals surface area contributed by atoms with Gasteiger partial charge in [-0.1, -0.05) is 13.8 Å². The van der Waals surface area contributed by atoms with E-state index >= 15 is 0 Å². The van der Waals surface area contributed by atoms with Crippen molar-refractivity contribution in [3.63, 3.8) is 0 Å². The molecule has 8 fully saturated rings. The number of hydrogen-bond donors (Lipinski definition) is 0. The third-order valence-corrected chi connectivity index (χ3v) is 17.3. The molecule has 0 heterocycles. The van der Waals surface area contributed by atoms with Crippen LogP contribution in [0.15, 0.2) is 0 Å². The standard InChI is InChI=1S/C44H76N2O2/c1-29-5-13-33(14-6-29)45(35-17-21-37(47-3)22-18-35)41-27-11-31-10-26-40-42(28-12-32-9-25-39(41)43(31)44(32)40)46(34-15-7-30(2)8-16-34)36-19-23-38(48-4)24-20-36/h29-44H,5-28H2,1-4H3. The van der Waals surface area contributed by atoms with E-state index in [1.807, 2.05) is 14.2 Å². The number of rotatable bonds is 8. The van der Waals surface area contributed by atoms with Crippen molar-refractivity contribution in [3.05, 3.63) is 0 Å². The quantitative estimate of drug-likeness (QED) is 0.258. The zero-order valence-corrected chi connectivity index (χ0v) is 31.9. The van der Waals surface area contributed by atoms with E-state index in [1.165, 1.54) is 116 Å². The van der Waals surface area contributed by atoms with Crippen molar-refractivity contribution >= 4 is 0 Å². The average Bonchev–Trinajstić information content (AvgIpc) is 3.14. The molecule has 0 radical (unpaired) electrons. The summed E-state index contributed by atoms with van der Waals surface area (Å²) in [7, 11) is 3.92. The highest BCUT2D eigenvalue weighted by Gasteiger charge is 2.58. The lowest BCUT2D eigenvalue weighted by Crippen LogP contribution is -2.64. The number of hydrogen-bond acceptors (Lipinski definition) is 4. The maximum atomic E-state index is 5.91. The summed E-state index contributed by atoms with van der Waals surface area (Å²) in [6.45, 7) is 5.05. The van der Waals surface area contributed by atoms with Gasteiger partial charge in [0.15, 0.2) is 0 Å². The van der Waals surface area contributed by atoms with Gasteiger partial charge in [-0.25, -0.2) is 0 Å². The Balaban J connectivity index is 1.06. The molecular formula is C44H76N2O2. The summed E-state index contributed by atoms with van der Waals surface area (Å²) in [4.78, 5) is 6.62. The van der Waals surface area contributed by atoms with Crippen LogP contribution in [-0.2, 0) is 9.47 Å². The van der Waals surface area contributed by atoms with Gasteiger partial charge >= 0.3 is 0 Å². The van der Waals surface area contributed by atoms with Crippen molar-refractivity contribution in [3.8, 4) is 0 Å². The third-order valence-electron chi connectivity index (χ3n) is 17.3.